The van der Waals surface area contributed by atoms with Crippen molar-refractivity contribution in [1.82, 2.24) is 0 Å². The topological polar surface area (TPSA) is 73.9 Å². The molecule has 0 radical (unpaired) electrons. The second-order valence-corrected chi connectivity index (χ2v) is 7.29. The lowest BCUT2D eigenvalue weighted by Gasteiger charge is -2.20. The van der Waals surface area contributed by atoms with E-state index in [1.165, 1.54) is 6.08 Å². The number of nitrogens with one attached hydrogen (secondary N) is 1. The lowest BCUT2D eigenvalue weighted by atomic mass is 10.2. The third-order valence-corrected chi connectivity index (χ3v) is 4.72. The van der Waals surface area contributed by atoms with Crippen LogP contribution in [0.3, 0.4) is 0 Å². The first-order valence-electron chi connectivity index (χ1n) is 8.00. The van der Waals surface area contributed by atoms with Gasteiger partial charge in [-0.1, -0.05) is 28.1 Å². The molecule has 2 aromatic rings. The third-order valence-electron chi connectivity index (χ3n) is 3.53. The fourth-order valence-corrected chi connectivity index (χ4v) is 2.95. The monoisotopic (exact) mass is 495 g/mol. The van der Waals surface area contributed by atoms with Crippen molar-refractivity contribution in [3.05, 3.63) is 57.0 Å². The van der Waals surface area contributed by atoms with E-state index in [1.807, 2.05) is 24.3 Å². The number of rotatable bonds is 5. The van der Waals surface area contributed by atoms with Gasteiger partial charge in [-0.05, 0) is 39.7 Å². The molecule has 6 nitrogen and oxygen atoms in total. The molecule has 2 aromatic carbocycles. The van der Waals surface area contributed by atoms with Crippen LogP contribution in [0, 0.1) is 0 Å². The predicted octanol–water partition coefficient (Wildman–Crippen LogP) is 4.18. The van der Waals surface area contributed by atoms with Gasteiger partial charge in [0.2, 0.25) is 0 Å². The molecule has 0 bridgehead atoms. The van der Waals surface area contributed by atoms with Gasteiger partial charge < -0.3 is 19.5 Å². The van der Waals surface area contributed by atoms with Crippen LogP contribution in [0.1, 0.15) is 5.56 Å². The van der Waals surface area contributed by atoms with E-state index in [0.717, 1.165) is 10.0 Å². The molecule has 27 heavy (non-hydrogen) atoms. The Morgan fingerprint density at radius 3 is 2.44 bits per heavy atom. The molecule has 1 N–H and O–H groups in total. The number of carbonyl (C=O) groups is 2. The number of benzene rings is 2. The summed E-state index contributed by atoms with van der Waals surface area (Å²) in [4.78, 5) is 23.8. The lowest BCUT2D eigenvalue weighted by molar-refractivity contribution is -0.142. The van der Waals surface area contributed by atoms with E-state index in [9.17, 15) is 9.59 Å². The Hall–Kier alpha value is -2.32. The summed E-state index contributed by atoms with van der Waals surface area (Å²) in [6, 6.07) is 10.8. The van der Waals surface area contributed by atoms with E-state index >= 15 is 0 Å². The summed E-state index contributed by atoms with van der Waals surface area (Å²) in [5.74, 6) is 0.0943. The van der Waals surface area contributed by atoms with Crippen molar-refractivity contribution in [2.45, 2.75) is 0 Å². The summed E-state index contributed by atoms with van der Waals surface area (Å²) in [7, 11) is 0. The average molecular weight is 497 g/mol. The molecule has 1 aliphatic heterocycles. The number of hydrogen-bond acceptors (Lipinski definition) is 5. The molecule has 140 valence electrons. The van der Waals surface area contributed by atoms with Crippen LogP contribution in [0.15, 0.2) is 51.4 Å². The summed E-state index contributed by atoms with van der Waals surface area (Å²) in [5, 5.41) is 2.67. The maximum absolute atomic E-state index is 12.0. The summed E-state index contributed by atoms with van der Waals surface area (Å²) in [6.45, 7) is 0.531. The number of esters is 1. The van der Waals surface area contributed by atoms with Crippen molar-refractivity contribution in [2.24, 2.45) is 0 Å². The molecule has 0 aliphatic carbocycles. The van der Waals surface area contributed by atoms with Gasteiger partial charge in [-0.3, -0.25) is 4.79 Å². The Morgan fingerprint density at radius 2 is 1.74 bits per heavy atom. The van der Waals surface area contributed by atoms with E-state index in [1.54, 1.807) is 18.2 Å². The molecule has 0 unspecified atom stereocenters. The zero-order valence-electron chi connectivity index (χ0n) is 14.0. The maximum atomic E-state index is 12.0. The van der Waals surface area contributed by atoms with Gasteiger partial charge in [0.15, 0.2) is 18.1 Å². The summed E-state index contributed by atoms with van der Waals surface area (Å²) in [6.07, 6.45) is 2.89. The fraction of sp³-hybridized carbons (Fsp3) is 0.158. The molecule has 0 fully saturated rings. The second-order valence-electron chi connectivity index (χ2n) is 5.52. The van der Waals surface area contributed by atoms with Crippen LogP contribution in [-0.4, -0.2) is 31.7 Å². The van der Waals surface area contributed by atoms with Gasteiger partial charge in [0.25, 0.3) is 5.91 Å². The number of carbonyl (C=O) groups excluding carboxylic acids is 2. The number of anilines is 1. The van der Waals surface area contributed by atoms with Gasteiger partial charge in [-0.15, -0.1) is 0 Å². The molecule has 3 rings (SSSR count). The Bertz CT molecular complexity index is 880. The first-order valence-corrected chi connectivity index (χ1v) is 9.59. The normalized spacial score (nSPS) is 12.7. The number of amides is 1. The average Bonchev–Trinajstić information content (AvgIpc) is 2.66. The molecular weight excluding hydrogens is 482 g/mol. The number of hydrogen-bond donors (Lipinski definition) is 1. The quantitative estimate of drug-likeness (QED) is 0.496. The minimum absolute atomic E-state index is 0.398. The number of halogens is 2. The van der Waals surface area contributed by atoms with E-state index in [2.05, 4.69) is 37.2 Å². The van der Waals surface area contributed by atoms with Crippen molar-refractivity contribution in [2.75, 3.05) is 25.1 Å². The highest BCUT2D eigenvalue weighted by Gasteiger charge is 2.16. The second kappa shape index (κ2) is 9.05. The van der Waals surface area contributed by atoms with Crippen LogP contribution in [0.2, 0.25) is 0 Å². The number of fused-ring (bicyclic) bond motifs is 1. The van der Waals surface area contributed by atoms with Gasteiger partial charge in [0.1, 0.15) is 13.2 Å². The maximum Gasteiger partial charge on any atom is 0.331 e. The van der Waals surface area contributed by atoms with Crippen LogP contribution in [0.5, 0.6) is 11.5 Å². The highest BCUT2D eigenvalue weighted by molar-refractivity contribution is 9.10. The van der Waals surface area contributed by atoms with Gasteiger partial charge in [0.05, 0.1) is 5.69 Å². The molecule has 1 heterocycles. The SMILES string of the molecule is O=C(COC(=O)/C=C/c1ccc(Br)cc1)Nc1cc2c(cc1Br)OCCO2. The summed E-state index contributed by atoms with van der Waals surface area (Å²) in [5.41, 5.74) is 1.35. The van der Waals surface area contributed by atoms with Gasteiger partial charge in [-0.2, -0.15) is 0 Å². The molecular formula is C19H15Br2NO5. The van der Waals surface area contributed by atoms with Crippen molar-refractivity contribution >= 4 is 55.5 Å². The zero-order valence-corrected chi connectivity index (χ0v) is 17.2. The Morgan fingerprint density at radius 1 is 1.07 bits per heavy atom. The largest absolute Gasteiger partial charge is 0.486 e. The molecule has 1 aliphatic rings. The van der Waals surface area contributed by atoms with Gasteiger partial charge in [-0.25, -0.2) is 4.79 Å². The van der Waals surface area contributed by atoms with Crippen LogP contribution in [0.4, 0.5) is 5.69 Å². The molecule has 1 amide bonds. The highest BCUT2D eigenvalue weighted by Crippen LogP contribution is 2.38. The van der Waals surface area contributed by atoms with Crippen molar-refractivity contribution in [1.29, 1.82) is 0 Å². The third kappa shape index (κ3) is 5.58. The fourth-order valence-electron chi connectivity index (χ4n) is 2.27. The highest BCUT2D eigenvalue weighted by atomic mass is 79.9. The van der Waals surface area contributed by atoms with Crippen molar-refractivity contribution < 1.29 is 23.8 Å². The Kier molecular flexibility index (Phi) is 6.52. The molecule has 0 saturated heterocycles. The van der Waals surface area contributed by atoms with E-state index in [-0.39, 0.29) is 0 Å². The van der Waals surface area contributed by atoms with Crippen LogP contribution < -0.4 is 14.8 Å². The molecule has 0 spiro atoms. The van der Waals surface area contributed by atoms with E-state index in [4.69, 9.17) is 14.2 Å². The smallest absolute Gasteiger partial charge is 0.331 e. The van der Waals surface area contributed by atoms with Crippen molar-refractivity contribution in [3.63, 3.8) is 0 Å². The minimum Gasteiger partial charge on any atom is -0.486 e. The molecule has 0 aromatic heterocycles. The minimum atomic E-state index is -0.602. The molecule has 0 saturated carbocycles. The summed E-state index contributed by atoms with van der Waals surface area (Å²) >= 11 is 6.71. The van der Waals surface area contributed by atoms with Crippen molar-refractivity contribution in [3.8, 4) is 11.5 Å². The van der Waals surface area contributed by atoms with E-state index < -0.39 is 18.5 Å². The summed E-state index contributed by atoms with van der Waals surface area (Å²) < 4.78 is 17.5. The first-order chi connectivity index (χ1) is 13.0. The Balaban J connectivity index is 1.52. The van der Waals surface area contributed by atoms with E-state index in [0.29, 0.717) is 34.9 Å². The predicted molar refractivity (Wildman–Crippen MR) is 108 cm³/mol. The zero-order chi connectivity index (χ0) is 19.2. The first kappa shape index (κ1) is 19.4. The van der Waals surface area contributed by atoms with Crippen LogP contribution in [0.25, 0.3) is 6.08 Å². The number of ether oxygens (including phenoxy) is 3. The van der Waals surface area contributed by atoms with Gasteiger partial charge in [0, 0.05) is 27.2 Å². The molecule has 8 heteroatoms. The van der Waals surface area contributed by atoms with Gasteiger partial charge >= 0.3 is 5.97 Å². The molecule has 0 atom stereocenters. The lowest BCUT2D eigenvalue weighted by Crippen LogP contribution is -2.21. The van der Waals surface area contributed by atoms with Crippen LogP contribution in [-0.2, 0) is 14.3 Å². The standard InChI is InChI=1S/C19H15Br2NO5/c20-13-4-1-12(2-5-13)3-6-19(24)27-11-18(23)22-15-10-17-16(9-14(15)21)25-7-8-26-17/h1-6,9-10H,7-8,11H2,(H,22,23)/b6-3+. The Labute approximate surface area is 172 Å². The van der Waals surface area contributed by atoms with Crippen LogP contribution >= 0.6 is 31.9 Å².